The number of esters is 1. The molecule has 0 aliphatic heterocycles. The van der Waals surface area contributed by atoms with Gasteiger partial charge in [-0.2, -0.15) is 4.31 Å². The average molecular weight is 356 g/mol. The van der Waals surface area contributed by atoms with Gasteiger partial charge in [-0.1, -0.05) is 31.5 Å². The molecule has 0 saturated carbocycles. The van der Waals surface area contributed by atoms with Crippen LogP contribution in [0.4, 0.5) is 0 Å². The van der Waals surface area contributed by atoms with Crippen molar-refractivity contribution in [3.63, 3.8) is 0 Å². The van der Waals surface area contributed by atoms with Crippen molar-refractivity contribution in [2.45, 2.75) is 25.7 Å². The molecular formula is C16H24N2O5S. The Morgan fingerprint density at radius 3 is 2.33 bits per heavy atom. The van der Waals surface area contributed by atoms with Gasteiger partial charge in [0.2, 0.25) is 10.0 Å². The first-order valence-corrected chi connectivity index (χ1v) is 9.02. The van der Waals surface area contributed by atoms with Gasteiger partial charge in [0.15, 0.2) is 6.61 Å². The molecule has 7 nitrogen and oxygen atoms in total. The summed E-state index contributed by atoms with van der Waals surface area (Å²) in [4.78, 5) is 23.3. The summed E-state index contributed by atoms with van der Waals surface area (Å²) >= 11 is 0. The van der Waals surface area contributed by atoms with Gasteiger partial charge >= 0.3 is 5.97 Å². The van der Waals surface area contributed by atoms with Crippen LogP contribution in [0.15, 0.2) is 29.2 Å². The third-order valence-corrected chi connectivity index (χ3v) is 4.97. The van der Waals surface area contributed by atoms with Crippen LogP contribution in [0.1, 0.15) is 19.4 Å². The molecule has 0 bridgehead atoms. The van der Waals surface area contributed by atoms with Crippen molar-refractivity contribution >= 4 is 21.9 Å². The van der Waals surface area contributed by atoms with Gasteiger partial charge in [-0.15, -0.1) is 0 Å². The Morgan fingerprint density at radius 1 is 1.21 bits per heavy atom. The number of nitrogens with zero attached hydrogens (tertiary/aromatic N) is 1. The maximum absolute atomic E-state index is 12.3. The van der Waals surface area contributed by atoms with E-state index in [1.807, 2.05) is 20.8 Å². The zero-order chi connectivity index (χ0) is 18.3. The van der Waals surface area contributed by atoms with Gasteiger partial charge < -0.3 is 10.1 Å². The molecule has 134 valence electrons. The number of hydrogen-bond acceptors (Lipinski definition) is 5. The maximum Gasteiger partial charge on any atom is 0.321 e. The second-order valence-corrected chi connectivity index (χ2v) is 7.98. The molecule has 1 amide bonds. The van der Waals surface area contributed by atoms with E-state index < -0.39 is 35.1 Å². The molecular weight excluding hydrogens is 332 g/mol. The largest absolute Gasteiger partial charge is 0.455 e. The van der Waals surface area contributed by atoms with E-state index >= 15 is 0 Å². The minimum atomic E-state index is -3.78. The highest BCUT2D eigenvalue weighted by molar-refractivity contribution is 7.89. The summed E-state index contributed by atoms with van der Waals surface area (Å²) in [5, 5.41) is 2.60. The number of carbonyl (C=O) groups is 2. The topological polar surface area (TPSA) is 92.8 Å². The minimum absolute atomic E-state index is 0.0954. The van der Waals surface area contributed by atoms with Crippen LogP contribution >= 0.6 is 0 Å². The van der Waals surface area contributed by atoms with E-state index in [0.29, 0.717) is 6.54 Å². The number of ether oxygens (including phenoxy) is 1. The van der Waals surface area contributed by atoms with Gasteiger partial charge in [-0.25, -0.2) is 8.42 Å². The molecule has 0 atom stereocenters. The van der Waals surface area contributed by atoms with Crippen LogP contribution < -0.4 is 5.32 Å². The first-order chi connectivity index (χ1) is 11.1. The predicted molar refractivity (Wildman–Crippen MR) is 89.8 cm³/mol. The molecule has 0 saturated heterocycles. The Hall–Kier alpha value is -1.93. The van der Waals surface area contributed by atoms with Crippen molar-refractivity contribution in [2.75, 3.05) is 26.7 Å². The van der Waals surface area contributed by atoms with Crippen LogP contribution in [0.3, 0.4) is 0 Å². The Labute approximate surface area is 143 Å². The summed E-state index contributed by atoms with van der Waals surface area (Å²) in [6.45, 7) is 5.33. The molecule has 0 fully saturated rings. The lowest BCUT2D eigenvalue weighted by Gasteiger charge is -2.16. The van der Waals surface area contributed by atoms with Crippen molar-refractivity contribution < 1.29 is 22.7 Å². The molecule has 0 spiro atoms. The van der Waals surface area contributed by atoms with E-state index in [2.05, 4.69) is 5.32 Å². The molecule has 24 heavy (non-hydrogen) atoms. The van der Waals surface area contributed by atoms with Crippen LogP contribution in [0, 0.1) is 12.8 Å². The van der Waals surface area contributed by atoms with Gasteiger partial charge in [0.1, 0.15) is 6.54 Å². The molecule has 1 aromatic carbocycles. The SMILES string of the molecule is Cc1ccc(S(=O)(=O)N(C)CC(=O)OCC(=O)NCC(C)C)cc1. The van der Waals surface area contributed by atoms with E-state index in [0.717, 1.165) is 9.87 Å². The third kappa shape index (κ3) is 6.29. The zero-order valence-corrected chi connectivity index (χ0v) is 15.2. The van der Waals surface area contributed by atoms with Gasteiger partial charge in [-0.05, 0) is 25.0 Å². The van der Waals surface area contributed by atoms with Crippen LogP contribution in [-0.2, 0) is 24.3 Å². The molecule has 0 aliphatic carbocycles. The molecule has 1 rings (SSSR count). The molecule has 0 radical (unpaired) electrons. The van der Waals surface area contributed by atoms with Gasteiger partial charge in [0, 0.05) is 13.6 Å². The Balaban J connectivity index is 2.54. The van der Waals surface area contributed by atoms with Crippen molar-refractivity contribution in [3.05, 3.63) is 29.8 Å². The quantitative estimate of drug-likeness (QED) is 0.700. The number of likely N-dealkylation sites (N-methyl/N-ethyl adjacent to an activating group) is 1. The van der Waals surface area contributed by atoms with Crippen molar-refractivity contribution in [1.29, 1.82) is 0 Å². The number of amides is 1. The summed E-state index contributed by atoms with van der Waals surface area (Å²) < 4.78 is 30.4. The molecule has 1 aromatic rings. The predicted octanol–water partition coefficient (Wildman–Crippen LogP) is 0.931. The number of sulfonamides is 1. The summed E-state index contributed by atoms with van der Waals surface area (Å²) in [5.41, 5.74) is 0.934. The fourth-order valence-corrected chi connectivity index (χ4v) is 2.83. The van der Waals surface area contributed by atoms with Crippen LogP contribution in [-0.4, -0.2) is 51.3 Å². The van der Waals surface area contributed by atoms with E-state index in [9.17, 15) is 18.0 Å². The number of carbonyl (C=O) groups excluding carboxylic acids is 2. The molecule has 0 heterocycles. The van der Waals surface area contributed by atoms with E-state index in [4.69, 9.17) is 4.74 Å². The van der Waals surface area contributed by atoms with Crippen molar-refractivity contribution in [2.24, 2.45) is 5.92 Å². The van der Waals surface area contributed by atoms with Gasteiger partial charge in [-0.3, -0.25) is 9.59 Å². The molecule has 1 N–H and O–H groups in total. The molecule has 0 aromatic heterocycles. The van der Waals surface area contributed by atoms with E-state index in [1.54, 1.807) is 12.1 Å². The van der Waals surface area contributed by atoms with E-state index in [1.165, 1.54) is 19.2 Å². The molecule has 0 aliphatic rings. The second kappa shape index (κ2) is 8.79. The maximum atomic E-state index is 12.3. The summed E-state index contributed by atoms with van der Waals surface area (Å²) in [6, 6.07) is 6.31. The minimum Gasteiger partial charge on any atom is -0.455 e. The Morgan fingerprint density at radius 2 is 1.79 bits per heavy atom. The van der Waals surface area contributed by atoms with Crippen LogP contribution in [0.2, 0.25) is 0 Å². The van der Waals surface area contributed by atoms with Crippen LogP contribution in [0.5, 0.6) is 0 Å². The Bertz CT molecular complexity index is 668. The monoisotopic (exact) mass is 356 g/mol. The highest BCUT2D eigenvalue weighted by Gasteiger charge is 2.23. The van der Waals surface area contributed by atoms with Crippen molar-refractivity contribution in [3.8, 4) is 0 Å². The van der Waals surface area contributed by atoms with Crippen LogP contribution in [0.25, 0.3) is 0 Å². The lowest BCUT2D eigenvalue weighted by Crippen LogP contribution is -2.36. The van der Waals surface area contributed by atoms with Gasteiger partial charge in [0.25, 0.3) is 5.91 Å². The standard InChI is InChI=1S/C16H24N2O5S/c1-12(2)9-17-15(19)11-23-16(20)10-18(4)24(21,22)14-7-5-13(3)6-8-14/h5-8,12H,9-11H2,1-4H3,(H,17,19). The lowest BCUT2D eigenvalue weighted by molar-refractivity contribution is -0.148. The number of nitrogens with one attached hydrogen (secondary N) is 1. The normalized spacial score (nSPS) is 11.6. The van der Waals surface area contributed by atoms with Gasteiger partial charge in [0.05, 0.1) is 4.90 Å². The summed E-state index contributed by atoms with van der Waals surface area (Å²) in [5.74, 6) is -0.913. The average Bonchev–Trinajstić information content (AvgIpc) is 2.51. The first kappa shape index (κ1) is 20.1. The molecule has 0 unspecified atom stereocenters. The second-order valence-electron chi connectivity index (χ2n) is 5.93. The number of hydrogen-bond donors (Lipinski definition) is 1. The van der Waals surface area contributed by atoms with Crippen molar-refractivity contribution in [1.82, 2.24) is 9.62 Å². The lowest BCUT2D eigenvalue weighted by atomic mass is 10.2. The fourth-order valence-electron chi connectivity index (χ4n) is 1.72. The molecule has 8 heteroatoms. The highest BCUT2D eigenvalue weighted by atomic mass is 32.2. The fraction of sp³-hybridized carbons (Fsp3) is 0.500. The Kier molecular flexibility index (Phi) is 7.37. The number of aryl methyl sites for hydroxylation is 1. The summed E-state index contributed by atoms with van der Waals surface area (Å²) in [6.07, 6.45) is 0. The highest BCUT2D eigenvalue weighted by Crippen LogP contribution is 2.14. The summed E-state index contributed by atoms with van der Waals surface area (Å²) in [7, 11) is -2.49. The van der Waals surface area contributed by atoms with E-state index in [-0.39, 0.29) is 10.8 Å². The number of benzene rings is 1. The first-order valence-electron chi connectivity index (χ1n) is 7.58. The number of rotatable bonds is 8. The zero-order valence-electron chi connectivity index (χ0n) is 14.4. The third-order valence-electron chi connectivity index (χ3n) is 3.15. The smallest absolute Gasteiger partial charge is 0.321 e.